The van der Waals surface area contributed by atoms with Crippen LogP contribution in [0.1, 0.15) is 18.1 Å². The highest BCUT2D eigenvalue weighted by molar-refractivity contribution is 5.76. The van der Waals surface area contributed by atoms with Crippen molar-refractivity contribution in [2.24, 2.45) is 0 Å². The van der Waals surface area contributed by atoms with Crippen molar-refractivity contribution in [3.8, 4) is 22.4 Å². The molecule has 0 aliphatic heterocycles. The summed E-state index contributed by atoms with van der Waals surface area (Å²) < 4.78 is 0. The lowest BCUT2D eigenvalue weighted by Crippen LogP contribution is -2.29. The number of rotatable bonds is 7. The maximum absolute atomic E-state index is 10.8. The van der Waals surface area contributed by atoms with Crippen LogP contribution in [0.25, 0.3) is 22.4 Å². The summed E-state index contributed by atoms with van der Waals surface area (Å²) in [6, 6.07) is 21.0. The van der Waals surface area contributed by atoms with Crippen molar-refractivity contribution in [1.82, 2.24) is 15.6 Å². The van der Waals surface area contributed by atoms with Crippen LogP contribution in [0.4, 0.5) is 0 Å². The van der Waals surface area contributed by atoms with Crippen LogP contribution in [0.15, 0.2) is 66.9 Å². The smallest absolute Gasteiger partial charge is 0.216 e. The SMILES string of the molecule is CC(=O)NCCNCc1ccc(-c2cccc(-c3ccccc3)c2C)nc1. The number of benzene rings is 2. The molecule has 0 unspecified atom stereocenters. The van der Waals surface area contributed by atoms with E-state index in [-0.39, 0.29) is 5.91 Å². The molecule has 0 atom stereocenters. The monoisotopic (exact) mass is 359 g/mol. The Morgan fingerprint density at radius 3 is 2.41 bits per heavy atom. The fourth-order valence-electron chi connectivity index (χ4n) is 3.09. The average Bonchev–Trinajstić information content (AvgIpc) is 2.69. The van der Waals surface area contributed by atoms with Crippen LogP contribution in [-0.4, -0.2) is 24.0 Å². The van der Waals surface area contributed by atoms with Crippen molar-refractivity contribution < 1.29 is 4.79 Å². The van der Waals surface area contributed by atoms with E-state index in [1.807, 2.05) is 12.3 Å². The van der Waals surface area contributed by atoms with Gasteiger partial charge in [-0.1, -0.05) is 54.6 Å². The van der Waals surface area contributed by atoms with Gasteiger partial charge in [-0.2, -0.15) is 0 Å². The lowest BCUT2D eigenvalue weighted by molar-refractivity contribution is -0.118. The van der Waals surface area contributed by atoms with Crippen LogP contribution in [0, 0.1) is 6.92 Å². The van der Waals surface area contributed by atoms with Gasteiger partial charge in [-0.15, -0.1) is 0 Å². The molecule has 2 N–H and O–H groups in total. The van der Waals surface area contributed by atoms with Crippen molar-refractivity contribution >= 4 is 5.91 Å². The molecule has 0 spiro atoms. The maximum Gasteiger partial charge on any atom is 0.216 e. The topological polar surface area (TPSA) is 54.0 Å². The third kappa shape index (κ3) is 5.02. The molecule has 1 amide bonds. The number of nitrogens with one attached hydrogen (secondary N) is 2. The van der Waals surface area contributed by atoms with E-state index in [2.05, 4.69) is 77.1 Å². The summed E-state index contributed by atoms with van der Waals surface area (Å²) in [4.78, 5) is 15.5. The zero-order chi connectivity index (χ0) is 19.1. The second-order valence-corrected chi connectivity index (χ2v) is 6.56. The van der Waals surface area contributed by atoms with Crippen molar-refractivity contribution in [3.05, 3.63) is 78.0 Å². The normalized spacial score (nSPS) is 10.6. The quantitative estimate of drug-likeness (QED) is 0.628. The number of nitrogens with zero attached hydrogens (tertiary/aromatic N) is 1. The van der Waals surface area contributed by atoms with Crippen LogP contribution >= 0.6 is 0 Å². The average molecular weight is 359 g/mol. The van der Waals surface area contributed by atoms with Crippen molar-refractivity contribution in [1.29, 1.82) is 0 Å². The highest BCUT2D eigenvalue weighted by atomic mass is 16.1. The van der Waals surface area contributed by atoms with Crippen molar-refractivity contribution in [3.63, 3.8) is 0 Å². The van der Waals surface area contributed by atoms with E-state index in [9.17, 15) is 4.79 Å². The van der Waals surface area contributed by atoms with Gasteiger partial charge in [-0.3, -0.25) is 9.78 Å². The number of aromatic nitrogens is 1. The molecule has 2 aromatic carbocycles. The van der Waals surface area contributed by atoms with Crippen LogP contribution < -0.4 is 10.6 Å². The first-order chi connectivity index (χ1) is 13.1. The Labute approximate surface area is 160 Å². The molecule has 27 heavy (non-hydrogen) atoms. The highest BCUT2D eigenvalue weighted by Gasteiger charge is 2.08. The van der Waals surface area contributed by atoms with Crippen molar-refractivity contribution in [2.45, 2.75) is 20.4 Å². The predicted molar refractivity (Wildman–Crippen MR) is 110 cm³/mol. The molecular weight excluding hydrogens is 334 g/mol. The first-order valence-electron chi connectivity index (χ1n) is 9.20. The molecule has 4 nitrogen and oxygen atoms in total. The fraction of sp³-hybridized carbons (Fsp3) is 0.217. The zero-order valence-electron chi connectivity index (χ0n) is 15.8. The van der Waals surface area contributed by atoms with Crippen LogP contribution in [0.2, 0.25) is 0 Å². The number of carbonyl (C=O) groups excluding carboxylic acids is 1. The minimum atomic E-state index is -0.00378. The Morgan fingerprint density at radius 1 is 0.926 bits per heavy atom. The second kappa shape index (κ2) is 9.10. The Balaban J connectivity index is 1.69. The number of carbonyl (C=O) groups is 1. The summed E-state index contributed by atoms with van der Waals surface area (Å²) >= 11 is 0. The Hall–Kier alpha value is -2.98. The van der Waals surface area contributed by atoms with Crippen LogP contribution in [0.3, 0.4) is 0 Å². The van der Waals surface area contributed by atoms with E-state index in [4.69, 9.17) is 0 Å². The largest absolute Gasteiger partial charge is 0.355 e. The summed E-state index contributed by atoms with van der Waals surface area (Å²) in [6.45, 7) is 5.77. The molecule has 3 rings (SSSR count). The van der Waals surface area contributed by atoms with Gasteiger partial charge in [0.2, 0.25) is 5.91 Å². The van der Waals surface area contributed by atoms with Gasteiger partial charge in [0.1, 0.15) is 0 Å². The first-order valence-corrected chi connectivity index (χ1v) is 9.20. The van der Waals surface area contributed by atoms with Gasteiger partial charge in [0, 0.05) is 38.3 Å². The van der Waals surface area contributed by atoms with Gasteiger partial charge in [0.05, 0.1) is 5.69 Å². The molecule has 1 heterocycles. The molecule has 3 aromatic rings. The minimum absolute atomic E-state index is 0.00378. The highest BCUT2D eigenvalue weighted by Crippen LogP contribution is 2.30. The third-order valence-electron chi connectivity index (χ3n) is 4.52. The molecule has 0 saturated carbocycles. The third-order valence-corrected chi connectivity index (χ3v) is 4.52. The molecule has 138 valence electrons. The summed E-state index contributed by atoms with van der Waals surface area (Å²) in [5, 5.41) is 6.07. The van der Waals surface area contributed by atoms with Gasteiger partial charge in [-0.25, -0.2) is 0 Å². The lowest BCUT2D eigenvalue weighted by Gasteiger charge is -2.12. The summed E-state index contributed by atoms with van der Waals surface area (Å²) in [5.41, 5.74) is 6.94. The number of hydrogen-bond acceptors (Lipinski definition) is 3. The first kappa shape index (κ1) is 18.8. The molecule has 1 aromatic heterocycles. The standard InChI is InChI=1S/C23H25N3O/c1-17-21(20-7-4-3-5-8-20)9-6-10-22(17)23-12-11-19(16-26-23)15-24-13-14-25-18(2)27/h3-12,16,24H,13-15H2,1-2H3,(H,25,27). The van der Waals surface area contributed by atoms with Gasteiger partial charge < -0.3 is 10.6 Å². The van der Waals surface area contributed by atoms with E-state index in [0.717, 1.165) is 29.9 Å². The maximum atomic E-state index is 10.8. The van der Waals surface area contributed by atoms with Gasteiger partial charge in [-0.05, 0) is 35.2 Å². The molecule has 0 saturated heterocycles. The van der Waals surface area contributed by atoms with Gasteiger partial charge in [0.15, 0.2) is 0 Å². The number of pyridine rings is 1. The van der Waals surface area contributed by atoms with Crippen LogP contribution in [0.5, 0.6) is 0 Å². The zero-order valence-corrected chi connectivity index (χ0v) is 15.8. The molecule has 0 radical (unpaired) electrons. The summed E-state index contributed by atoms with van der Waals surface area (Å²) in [7, 11) is 0. The second-order valence-electron chi connectivity index (χ2n) is 6.56. The van der Waals surface area contributed by atoms with Gasteiger partial charge in [0.25, 0.3) is 0 Å². The summed E-state index contributed by atoms with van der Waals surface area (Å²) in [6.07, 6.45) is 1.91. The molecule has 0 aliphatic carbocycles. The molecule has 0 aliphatic rings. The Morgan fingerprint density at radius 2 is 1.70 bits per heavy atom. The molecule has 4 heteroatoms. The number of amides is 1. The fourth-order valence-corrected chi connectivity index (χ4v) is 3.09. The van der Waals surface area contributed by atoms with Crippen molar-refractivity contribution in [2.75, 3.05) is 13.1 Å². The minimum Gasteiger partial charge on any atom is -0.355 e. The molecule has 0 bridgehead atoms. The Bertz CT molecular complexity index is 889. The lowest BCUT2D eigenvalue weighted by atomic mass is 9.95. The van der Waals surface area contributed by atoms with E-state index < -0.39 is 0 Å². The molecule has 0 fully saturated rings. The predicted octanol–water partition coefficient (Wildman–Crippen LogP) is 3.95. The van der Waals surface area contributed by atoms with E-state index >= 15 is 0 Å². The van der Waals surface area contributed by atoms with E-state index in [0.29, 0.717) is 6.54 Å². The van der Waals surface area contributed by atoms with Crippen LogP contribution in [-0.2, 0) is 11.3 Å². The number of hydrogen-bond donors (Lipinski definition) is 2. The summed E-state index contributed by atoms with van der Waals surface area (Å²) in [5.74, 6) is -0.00378. The van der Waals surface area contributed by atoms with Gasteiger partial charge >= 0.3 is 0 Å². The Kier molecular flexibility index (Phi) is 6.34. The van der Waals surface area contributed by atoms with E-state index in [1.54, 1.807) is 0 Å². The molecular formula is C23H25N3O. The van der Waals surface area contributed by atoms with E-state index in [1.165, 1.54) is 23.6 Å².